The third-order valence-corrected chi connectivity index (χ3v) is 2.84. The Morgan fingerprint density at radius 1 is 1.12 bits per heavy atom. The molecule has 0 spiro atoms. The zero-order chi connectivity index (χ0) is 11.3. The van der Waals surface area contributed by atoms with Gasteiger partial charge in [0.2, 0.25) is 0 Å². The summed E-state index contributed by atoms with van der Waals surface area (Å²) in [4.78, 5) is 0. The van der Waals surface area contributed by atoms with Crippen LogP contribution in [-0.2, 0) is 0 Å². The highest BCUT2D eigenvalue weighted by atomic mass is 35.5. The average Bonchev–Trinajstić information content (AvgIpc) is 2.61. The average molecular weight is 234 g/mol. The van der Waals surface area contributed by atoms with Crippen molar-refractivity contribution < 1.29 is 9.52 Å². The second-order valence-electron chi connectivity index (χ2n) is 3.62. The number of furan rings is 1. The maximum Gasteiger partial charge on any atom is 0.150 e. The van der Waals surface area contributed by atoms with Crippen molar-refractivity contribution in [3.63, 3.8) is 0 Å². The number of rotatable bonds is 0. The summed E-state index contributed by atoms with van der Waals surface area (Å²) in [6.45, 7) is 0. The molecule has 3 aromatic rings. The predicted molar refractivity (Wildman–Crippen MR) is 64.8 cm³/mol. The molecule has 0 bridgehead atoms. The van der Waals surface area contributed by atoms with Crippen LogP contribution < -0.4 is 5.73 Å². The fourth-order valence-corrected chi connectivity index (χ4v) is 2.00. The number of phenols is 1. The number of phenolic OH excluding ortho intramolecular Hbond substituents is 1. The zero-order valence-corrected chi connectivity index (χ0v) is 8.95. The lowest BCUT2D eigenvalue weighted by atomic mass is 10.1. The molecule has 0 unspecified atom stereocenters. The van der Waals surface area contributed by atoms with E-state index in [1.54, 1.807) is 24.3 Å². The zero-order valence-electron chi connectivity index (χ0n) is 8.20. The van der Waals surface area contributed by atoms with Crippen LogP contribution in [0, 0.1) is 0 Å². The van der Waals surface area contributed by atoms with E-state index in [-0.39, 0.29) is 5.75 Å². The van der Waals surface area contributed by atoms with Crippen LogP contribution in [0.15, 0.2) is 34.7 Å². The smallest absolute Gasteiger partial charge is 0.150 e. The number of benzene rings is 2. The largest absolute Gasteiger partial charge is 0.505 e. The van der Waals surface area contributed by atoms with Gasteiger partial charge in [0, 0.05) is 16.5 Å². The van der Waals surface area contributed by atoms with Crippen molar-refractivity contribution in [2.45, 2.75) is 0 Å². The third-order valence-electron chi connectivity index (χ3n) is 2.60. The SMILES string of the molecule is Nc1ccc2oc3cc(Cl)ccc3c2c1O. The summed E-state index contributed by atoms with van der Waals surface area (Å²) in [5.74, 6) is 0.0542. The molecule has 1 heterocycles. The van der Waals surface area contributed by atoms with Gasteiger partial charge in [0.1, 0.15) is 16.9 Å². The van der Waals surface area contributed by atoms with Crippen LogP contribution in [0.25, 0.3) is 21.9 Å². The molecule has 0 amide bonds. The number of hydrogen-bond donors (Lipinski definition) is 2. The molecule has 1 aromatic heterocycles. The summed E-state index contributed by atoms with van der Waals surface area (Å²) in [7, 11) is 0. The molecule has 2 aromatic carbocycles. The number of nitrogen functional groups attached to an aromatic ring is 1. The summed E-state index contributed by atoms with van der Waals surface area (Å²) in [5, 5.41) is 11.9. The second kappa shape index (κ2) is 3.06. The van der Waals surface area contributed by atoms with Crippen molar-refractivity contribution in [1.29, 1.82) is 0 Å². The molecule has 0 fully saturated rings. The quantitative estimate of drug-likeness (QED) is 0.461. The van der Waals surface area contributed by atoms with Crippen LogP contribution in [0.3, 0.4) is 0 Å². The van der Waals surface area contributed by atoms with Crippen molar-refractivity contribution in [3.8, 4) is 5.75 Å². The van der Waals surface area contributed by atoms with Crippen LogP contribution in [-0.4, -0.2) is 5.11 Å². The van der Waals surface area contributed by atoms with Gasteiger partial charge in [-0.2, -0.15) is 0 Å². The van der Waals surface area contributed by atoms with Crippen LogP contribution in [0.5, 0.6) is 5.75 Å². The highest BCUT2D eigenvalue weighted by Gasteiger charge is 2.12. The summed E-state index contributed by atoms with van der Waals surface area (Å²) in [6, 6.07) is 8.62. The van der Waals surface area contributed by atoms with Crippen LogP contribution in [0.1, 0.15) is 0 Å². The Kier molecular flexibility index (Phi) is 1.79. The van der Waals surface area contributed by atoms with Crippen LogP contribution in [0.4, 0.5) is 5.69 Å². The second-order valence-corrected chi connectivity index (χ2v) is 4.06. The Morgan fingerprint density at radius 3 is 2.75 bits per heavy atom. The van der Waals surface area contributed by atoms with Crippen molar-refractivity contribution in [3.05, 3.63) is 35.4 Å². The summed E-state index contributed by atoms with van der Waals surface area (Å²) < 4.78 is 5.57. The number of nitrogens with two attached hydrogens (primary N) is 1. The Bertz CT molecular complexity index is 702. The van der Waals surface area contributed by atoms with Gasteiger partial charge in [-0.05, 0) is 24.3 Å². The van der Waals surface area contributed by atoms with Crippen LogP contribution >= 0.6 is 11.6 Å². The number of halogens is 1. The molecule has 0 aliphatic carbocycles. The van der Waals surface area contributed by atoms with Gasteiger partial charge in [0.25, 0.3) is 0 Å². The Balaban J connectivity index is 2.57. The molecule has 0 saturated carbocycles. The third kappa shape index (κ3) is 1.15. The molecule has 4 heteroatoms. The summed E-state index contributed by atoms with van der Waals surface area (Å²) >= 11 is 5.87. The lowest BCUT2D eigenvalue weighted by molar-refractivity contribution is 0.484. The first-order valence-corrected chi connectivity index (χ1v) is 5.14. The normalized spacial score (nSPS) is 11.3. The molecule has 0 saturated heterocycles. The standard InChI is InChI=1S/C12H8ClNO2/c13-6-1-2-7-10(5-6)16-9-4-3-8(14)12(15)11(7)9/h1-5,15H,14H2. The van der Waals surface area contributed by atoms with Gasteiger partial charge < -0.3 is 15.3 Å². The van der Waals surface area contributed by atoms with Gasteiger partial charge in [-0.1, -0.05) is 11.6 Å². The first kappa shape index (κ1) is 9.36. The molecular weight excluding hydrogens is 226 g/mol. The molecule has 16 heavy (non-hydrogen) atoms. The number of aromatic hydroxyl groups is 1. The minimum Gasteiger partial charge on any atom is -0.505 e. The maximum atomic E-state index is 9.90. The van der Waals surface area contributed by atoms with Gasteiger partial charge in [-0.3, -0.25) is 0 Å². The van der Waals surface area contributed by atoms with Crippen molar-refractivity contribution >= 4 is 39.2 Å². The van der Waals surface area contributed by atoms with Gasteiger partial charge in [0.15, 0.2) is 0 Å². The van der Waals surface area contributed by atoms with Gasteiger partial charge in [-0.15, -0.1) is 0 Å². The minimum absolute atomic E-state index is 0.0542. The van der Waals surface area contributed by atoms with E-state index >= 15 is 0 Å². The molecule has 3 rings (SSSR count). The Labute approximate surface area is 96.0 Å². The van der Waals surface area contributed by atoms with Crippen molar-refractivity contribution in [2.24, 2.45) is 0 Å². The monoisotopic (exact) mass is 233 g/mol. The summed E-state index contributed by atoms with van der Waals surface area (Å²) in [6.07, 6.45) is 0. The first-order chi connectivity index (χ1) is 7.66. The van der Waals surface area contributed by atoms with Crippen LogP contribution in [0.2, 0.25) is 5.02 Å². The van der Waals surface area contributed by atoms with E-state index in [0.29, 0.717) is 27.3 Å². The molecule has 0 aliphatic heterocycles. The number of hydrogen-bond acceptors (Lipinski definition) is 3. The van der Waals surface area contributed by atoms with E-state index in [0.717, 1.165) is 5.39 Å². The van der Waals surface area contributed by atoms with Crippen molar-refractivity contribution in [2.75, 3.05) is 5.73 Å². The van der Waals surface area contributed by atoms with E-state index in [4.69, 9.17) is 21.8 Å². The molecule has 0 atom stereocenters. The minimum atomic E-state index is 0.0542. The molecule has 0 radical (unpaired) electrons. The number of fused-ring (bicyclic) bond motifs is 3. The molecule has 0 aliphatic rings. The molecule has 3 N–H and O–H groups in total. The Hall–Kier alpha value is -1.87. The van der Waals surface area contributed by atoms with E-state index in [2.05, 4.69) is 0 Å². The number of anilines is 1. The molecular formula is C12H8ClNO2. The van der Waals surface area contributed by atoms with Gasteiger partial charge >= 0.3 is 0 Å². The Morgan fingerprint density at radius 2 is 1.94 bits per heavy atom. The van der Waals surface area contributed by atoms with E-state index in [9.17, 15) is 5.11 Å². The molecule has 80 valence electrons. The van der Waals surface area contributed by atoms with E-state index in [1.807, 2.05) is 6.07 Å². The maximum absolute atomic E-state index is 9.90. The fraction of sp³-hybridized carbons (Fsp3) is 0. The van der Waals surface area contributed by atoms with E-state index in [1.165, 1.54) is 0 Å². The first-order valence-electron chi connectivity index (χ1n) is 4.76. The highest BCUT2D eigenvalue weighted by Crippen LogP contribution is 2.38. The van der Waals surface area contributed by atoms with Gasteiger partial charge in [0.05, 0.1) is 11.1 Å². The van der Waals surface area contributed by atoms with E-state index < -0.39 is 0 Å². The predicted octanol–water partition coefficient (Wildman–Crippen LogP) is 3.53. The lowest BCUT2D eigenvalue weighted by Gasteiger charge is -1.98. The van der Waals surface area contributed by atoms with Crippen molar-refractivity contribution in [1.82, 2.24) is 0 Å². The fourth-order valence-electron chi connectivity index (χ4n) is 1.84. The lowest BCUT2D eigenvalue weighted by Crippen LogP contribution is -1.84. The molecule has 3 nitrogen and oxygen atoms in total. The van der Waals surface area contributed by atoms with Gasteiger partial charge in [-0.25, -0.2) is 0 Å². The highest BCUT2D eigenvalue weighted by molar-refractivity contribution is 6.31. The topological polar surface area (TPSA) is 59.4 Å². The summed E-state index contributed by atoms with van der Waals surface area (Å²) in [5.41, 5.74) is 7.23.